The molecule has 30 heavy (non-hydrogen) atoms. The predicted molar refractivity (Wildman–Crippen MR) is 114 cm³/mol. The molecule has 3 rings (SSSR count). The number of thioether (sulfide) groups is 1. The molecule has 1 unspecified atom stereocenters. The fourth-order valence-electron chi connectivity index (χ4n) is 3.04. The SMILES string of the molecule is Cc1ccc(NC(=O)CSC2=C(C#N)C(c3cccc([N+](=O)[O-])c3)CC(=O)N2)cc1. The second-order valence-corrected chi connectivity index (χ2v) is 7.70. The molecule has 0 spiro atoms. The molecule has 0 fully saturated rings. The Morgan fingerprint density at radius 3 is 2.73 bits per heavy atom. The molecule has 152 valence electrons. The van der Waals surface area contributed by atoms with Gasteiger partial charge in [0, 0.05) is 30.2 Å². The van der Waals surface area contributed by atoms with Crippen molar-refractivity contribution in [2.45, 2.75) is 19.3 Å². The Morgan fingerprint density at radius 1 is 1.33 bits per heavy atom. The summed E-state index contributed by atoms with van der Waals surface area (Å²) in [6.45, 7) is 1.95. The van der Waals surface area contributed by atoms with E-state index in [-0.39, 0.29) is 35.2 Å². The van der Waals surface area contributed by atoms with Crippen LogP contribution in [0.4, 0.5) is 11.4 Å². The van der Waals surface area contributed by atoms with Crippen molar-refractivity contribution in [2.75, 3.05) is 11.1 Å². The van der Waals surface area contributed by atoms with Crippen LogP contribution < -0.4 is 10.6 Å². The van der Waals surface area contributed by atoms with Crippen LogP contribution in [0.1, 0.15) is 23.5 Å². The summed E-state index contributed by atoms with van der Waals surface area (Å²) in [5, 5.41) is 26.4. The highest BCUT2D eigenvalue weighted by Crippen LogP contribution is 2.36. The van der Waals surface area contributed by atoms with Crippen molar-refractivity contribution in [1.29, 1.82) is 5.26 Å². The van der Waals surface area contributed by atoms with E-state index in [2.05, 4.69) is 16.7 Å². The van der Waals surface area contributed by atoms with Crippen molar-refractivity contribution in [3.8, 4) is 6.07 Å². The largest absolute Gasteiger partial charge is 0.325 e. The van der Waals surface area contributed by atoms with Crippen LogP contribution in [0.25, 0.3) is 0 Å². The van der Waals surface area contributed by atoms with E-state index in [0.29, 0.717) is 16.3 Å². The van der Waals surface area contributed by atoms with Gasteiger partial charge in [0.15, 0.2) is 0 Å². The van der Waals surface area contributed by atoms with Crippen LogP contribution in [-0.4, -0.2) is 22.5 Å². The summed E-state index contributed by atoms with van der Waals surface area (Å²) in [7, 11) is 0. The van der Waals surface area contributed by atoms with Gasteiger partial charge in [0.2, 0.25) is 11.8 Å². The van der Waals surface area contributed by atoms with E-state index in [4.69, 9.17) is 0 Å². The van der Waals surface area contributed by atoms with Gasteiger partial charge < -0.3 is 10.6 Å². The van der Waals surface area contributed by atoms with E-state index in [1.807, 2.05) is 19.1 Å². The topological polar surface area (TPSA) is 125 Å². The lowest BCUT2D eigenvalue weighted by Crippen LogP contribution is -2.31. The number of carbonyl (C=O) groups excluding carboxylic acids is 2. The first kappa shape index (κ1) is 21.1. The van der Waals surface area contributed by atoms with Crippen LogP contribution in [0.15, 0.2) is 59.1 Å². The number of non-ortho nitro benzene ring substituents is 1. The number of allylic oxidation sites excluding steroid dienone is 1. The zero-order valence-electron chi connectivity index (χ0n) is 16.0. The first-order chi connectivity index (χ1) is 14.4. The average Bonchev–Trinajstić information content (AvgIpc) is 2.73. The molecule has 0 radical (unpaired) electrons. The summed E-state index contributed by atoms with van der Waals surface area (Å²) in [5.74, 6) is -1.20. The summed E-state index contributed by atoms with van der Waals surface area (Å²) < 4.78 is 0. The van der Waals surface area contributed by atoms with Crippen LogP contribution in [0.5, 0.6) is 0 Å². The maximum atomic E-state index is 12.3. The number of nitrogens with one attached hydrogen (secondary N) is 2. The molecule has 0 aliphatic carbocycles. The van der Waals surface area contributed by atoms with Crippen molar-refractivity contribution in [3.63, 3.8) is 0 Å². The van der Waals surface area contributed by atoms with E-state index >= 15 is 0 Å². The van der Waals surface area contributed by atoms with Crippen molar-refractivity contribution in [2.24, 2.45) is 0 Å². The van der Waals surface area contributed by atoms with Gasteiger partial charge >= 0.3 is 0 Å². The maximum Gasteiger partial charge on any atom is 0.269 e. The normalized spacial score (nSPS) is 15.9. The summed E-state index contributed by atoms with van der Waals surface area (Å²) in [6, 6.07) is 15.3. The molecule has 8 nitrogen and oxygen atoms in total. The molecule has 2 aromatic carbocycles. The zero-order valence-corrected chi connectivity index (χ0v) is 16.9. The van der Waals surface area contributed by atoms with Gasteiger partial charge in [-0.1, -0.05) is 41.6 Å². The van der Waals surface area contributed by atoms with Gasteiger partial charge in [-0.15, -0.1) is 0 Å². The van der Waals surface area contributed by atoms with Gasteiger partial charge in [0.05, 0.1) is 27.3 Å². The fraction of sp³-hybridized carbons (Fsp3) is 0.190. The number of nitro groups is 1. The number of hydrogen-bond acceptors (Lipinski definition) is 6. The van der Waals surface area contributed by atoms with Crippen LogP contribution in [0.2, 0.25) is 0 Å². The number of benzene rings is 2. The number of hydrogen-bond donors (Lipinski definition) is 2. The highest BCUT2D eigenvalue weighted by molar-refractivity contribution is 8.03. The van der Waals surface area contributed by atoms with Crippen LogP contribution in [0, 0.1) is 28.4 Å². The minimum absolute atomic E-state index is 0.00364. The second kappa shape index (κ2) is 9.24. The third kappa shape index (κ3) is 5.04. The molecule has 0 bridgehead atoms. The molecule has 1 aliphatic rings. The van der Waals surface area contributed by atoms with Crippen molar-refractivity contribution in [3.05, 3.63) is 80.4 Å². The molecule has 2 aromatic rings. The van der Waals surface area contributed by atoms with Gasteiger partial charge in [0.25, 0.3) is 5.69 Å². The first-order valence-corrected chi connectivity index (χ1v) is 10.0. The van der Waals surface area contributed by atoms with E-state index in [0.717, 1.165) is 17.3 Å². The Hall–Kier alpha value is -3.64. The van der Waals surface area contributed by atoms with Crippen molar-refractivity contribution in [1.82, 2.24) is 5.32 Å². The van der Waals surface area contributed by atoms with Gasteiger partial charge in [-0.3, -0.25) is 19.7 Å². The highest BCUT2D eigenvalue weighted by atomic mass is 32.2. The molecule has 0 saturated heterocycles. The first-order valence-electron chi connectivity index (χ1n) is 9.05. The molecular weight excluding hydrogens is 404 g/mol. The summed E-state index contributed by atoms with van der Waals surface area (Å²) in [4.78, 5) is 35.0. The molecular formula is C21H18N4O4S. The van der Waals surface area contributed by atoms with Crippen LogP contribution in [-0.2, 0) is 9.59 Å². The number of nitro benzene ring substituents is 1. The van der Waals surface area contributed by atoms with Crippen molar-refractivity contribution >= 4 is 35.0 Å². The fourth-order valence-corrected chi connectivity index (χ4v) is 3.92. The Labute approximate surface area is 177 Å². The van der Waals surface area contributed by atoms with E-state index in [1.54, 1.807) is 18.2 Å². The second-order valence-electron chi connectivity index (χ2n) is 6.71. The Bertz CT molecular complexity index is 1070. The van der Waals surface area contributed by atoms with Gasteiger partial charge in [-0.2, -0.15) is 5.26 Å². The lowest BCUT2D eigenvalue weighted by molar-refractivity contribution is -0.384. The van der Waals surface area contributed by atoms with Gasteiger partial charge in [-0.05, 0) is 24.6 Å². The molecule has 1 heterocycles. The molecule has 1 atom stereocenters. The average molecular weight is 422 g/mol. The minimum atomic E-state index is -0.605. The smallest absolute Gasteiger partial charge is 0.269 e. The Kier molecular flexibility index (Phi) is 6.49. The summed E-state index contributed by atoms with van der Waals surface area (Å²) in [5.41, 5.74) is 2.41. The minimum Gasteiger partial charge on any atom is -0.325 e. The van der Waals surface area contributed by atoms with E-state index in [9.17, 15) is 25.0 Å². The number of rotatable bonds is 6. The molecule has 2 amide bonds. The standard InChI is InChI=1S/C21H18N4O4S/c1-13-5-7-15(8-6-13)23-20(27)12-30-21-18(11-22)17(10-19(26)24-21)14-3-2-4-16(9-14)25(28)29/h2-9,17H,10,12H2,1H3,(H,23,27)(H,24,26). The third-order valence-electron chi connectivity index (χ3n) is 4.52. The lowest BCUT2D eigenvalue weighted by atomic mass is 9.87. The molecule has 0 aromatic heterocycles. The summed E-state index contributed by atoms with van der Waals surface area (Å²) >= 11 is 1.05. The molecule has 9 heteroatoms. The monoisotopic (exact) mass is 422 g/mol. The zero-order chi connectivity index (χ0) is 21.7. The maximum absolute atomic E-state index is 12.3. The van der Waals surface area contributed by atoms with E-state index < -0.39 is 10.8 Å². The third-order valence-corrected chi connectivity index (χ3v) is 5.54. The Morgan fingerprint density at radius 2 is 2.07 bits per heavy atom. The van der Waals surface area contributed by atoms with Gasteiger partial charge in [0.1, 0.15) is 0 Å². The van der Waals surface area contributed by atoms with Crippen molar-refractivity contribution < 1.29 is 14.5 Å². The lowest BCUT2D eigenvalue weighted by Gasteiger charge is -2.24. The van der Waals surface area contributed by atoms with E-state index in [1.165, 1.54) is 18.2 Å². The van der Waals surface area contributed by atoms with Crippen LogP contribution >= 0.6 is 11.8 Å². The summed E-state index contributed by atoms with van der Waals surface area (Å²) in [6.07, 6.45) is 0.00365. The number of nitriles is 1. The van der Waals surface area contributed by atoms with Crippen LogP contribution in [0.3, 0.4) is 0 Å². The molecule has 2 N–H and O–H groups in total. The predicted octanol–water partition coefficient (Wildman–Crippen LogP) is 3.61. The number of nitrogens with zero attached hydrogens (tertiary/aromatic N) is 2. The number of aryl methyl sites for hydroxylation is 1. The number of anilines is 1. The number of carbonyl (C=O) groups is 2. The molecule has 1 aliphatic heterocycles. The Balaban J connectivity index is 1.78. The quantitative estimate of drug-likeness (QED) is 0.541. The number of amides is 2. The highest BCUT2D eigenvalue weighted by Gasteiger charge is 2.30. The molecule has 0 saturated carbocycles. The van der Waals surface area contributed by atoms with Gasteiger partial charge in [-0.25, -0.2) is 0 Å².